The summed E-state index contributed by atoms with van der Waals surface area (Å²) >= 11 is 0. The smallest absolute Gasteiger partial charge is 0.317 e. The van der Waals surface area contributed by atoms with E-state index in [0.717, 1.165) is 43.9 Å². The molecular weight excluding hydrogens is 316 g/mol. The second-order valence-electron chi connectivity index (χ2n) is 6.38. The van der Waals surface area contributed by atoms with Crippen LogP contribution in [0.3, 0.4) is 0 Å². The molecule has 1 aliphatic heterocycles. The Morgan fingerprint density at radius 2 is 2.24 bits per heavy atom. The molecule has 1 aromatic carbocycles. The molecule has 0 aliphatic carbocycles. The molecule has 3 rings (SSSR count). The lowest BCUT2D eigenvalue weighted by Gasteiger charge is -2.29. The molecule has 0 fully saturated rings. The predicted molar refractivity (Wildman–Crippen MR) is 96.7 cm³/mol. The summed E-state index contributed by atoms with van der Waals surface area (Å²) in [7, 11) is 1.69. The Morgan fingerprint density at radius 3 is 3.00 bits per heavy atom. The van der Waals surface area contributed by atoms with E-state index in [1.54, 1.807) is 7.11 Å². The number of carbonyl (C=O) groups is 1. The van der Waals surface area contributed by atoms with E-state index in [4.69, 9.17) is 4.74 Å². The molecule has 1 aromatic heterocycles. The van der Waals surface area contributed by atoms with Crippen molar-refractivity contribution in [3.05, 3.63) is 47.5 Å². The number of aromatic nitrogens is 2. The highest BCUT2D eigenvalue weighted by Gasteiger charge is 2.22. The molecule has 2 heterocycles. The quantitative estimate of drug-likeness (QED) is 0.821. The van der Waals surface area contributed by atoms with E-state index < -0.39 is 0 Å². The molecule has 0 spiro atoms. The van der Waals surface area contributed by atoms with Gasteiger partial charge in [0.2, 0.25) is 0 Å². The summed E-state index contributed by atoms with van der Waals surface area (Å²) < 4.78 is 7.55. The standard InChI is InChI=1S/C19H26N4O2/c1-15-20-10-13-22(15)11-4-3-9-21-19(24)23-12-8-17-16(14-23)6-5-7-18(17)25-2/h5-7,10,13H,3-4,8-9,11-12,14H2,1-2H3,(H,21,24). The van der Waals surface area contributed by atoms with Crippen molar-refractivity contribution >= 4 is 6.03 Å². The van der Waals surface area contributed by atoms with Crippen LogP contribution in [0.2, 0.25) is 0 Å². The molecular formula is C19H26N4O2. The number of fused-ring (bicyclic) bond motifs is 1. The Bertz CT molecular complexity index is 726. The number of rotatable bonds is 6. The highest BCUT2D eigenvalue weighted by atomic mass is 16.5. The van der Waals surface area contributed by atoms with E-state index >= 15 is 0 Å². The van der Waals surface area contributed by atoms with E-state index in [1.165, 1.54) is 11.1 Å². The van der Waals surface area contributed by atoms with Crippen LogP contribution in [0.25, 0.3) is 0 Å². The largest absolute Gasteiger partial charge is 0.496 e. The fourth-order valence-electron chi connectivity index (χ4n) is 3.29. The van der Waals surface area contributed by atoms with Crippen LogP contribution in [0, 0.1) is 6.92 Å². The van der Waals surface area contributed by atoms with Crippen LogP contribution in [0.5, 0.6) is 5.75 Å². The number of benzene rings is 1. The summed E-state index contributed by atoms with van der Waals surface area (Å²) in [6.07, 6.45) is 6.64. The van der Waals surface area contributed by atoms with Gasteiger partial charge in [0.15, 0.2) is 0 Å². The molecule has 1 aliphatic rings. The number of unbranched alkanes of at least 4 members (excludes halogenated alkanes) is 1. The third-order valence-electron chi connectivity index (χ3n) is 4.76. The zero-order chi connectivity index (χ0) is 17.6. The highest BCUT2D eigenvalue weighted by Crippen LogP contribution is 2.27. The minimum absolute atomic E-state index is 0.0206. The van der Waals surface area contributed by atoms with Gasteiger partial charge in [-0.25, -0.2) is 9.78 Å². The number of ether oxygens (including phenoxy) is 1. The molecule has 1 N–H and O–H groups in total. The van der Waals surface area contributed by atoms with Gasteiger partial charge in [-0.05, 0) is 37.8 Å². The Hall–Kier alpha value is -2.50. The van der Waals surface area contributed by atoms with Crippen molar-refractivity contribution in [1.82, 2.24) is 19.8 Å². The molecule has 6 heteroatoms. The van der Waals surface area contributed by atoms with Gasteiger partial charge < -0.3 is 19.5 Å². The summed E-state index contributed by atoms with van der Waals surface area (Å²) in [4.78, 5) is 18.5. The first-order chi connectivity index (χ1) is 12.2. The van der Waals surface area contributed by atoms with Crippen LogP contribution >= 0.6 is 0 Å². The van der Waals surface area contributed by atoms with Crippen LogP contribution < -0.4 is 10.1 Å². The molecule has 2 aromatic rings. The van der Waals surface area contributed by atoms with Gasteiger partial charge in [0.25, 0.3) is 0 Å². The Morgan fingerprint density at radius 1 is 1.36 bits per heavy atom. The first kappa shape index (κ1) is 17.3. The highest BCUT2D eigenvalue weighted by molar-refractivity contribution is 5.74. The Balaban J connectivity index is 1.42. The summed E-state index contributed by atoms with van der Waals surface area (Å²) in [5.41, 5.74) is 2.40. The summed E-state index contributed by atoms with van der Waals surface area (Å²) in [6.45, 7) is 5.03. The van der Waals surface area contributed by atoms with Crippen LogP contribution in [0.1, 0.15) is 29.8 Å². The van der Waals surface area contributed by atoms with Crippen LogP contribution in [0.15, 0.2) is 30.6 Å². The molecule has 0 saturated heterocycles. The average molecular weight is 342 g/mol. The first-order valence-electron chi connectivity index (χ1n) is 8.84. The maximum absolute atomic E-state index is 12.4. The predicted octanol–water partition coefficient (Wildman–Crippen LogP) is 2.75. The fraction of sp³-hybridized carbons (Fsp3) is 0.474. The van der Waals surface area contributed by atoms with Crippen molar-refractivity contribution in [2.24, 2.45) is 0 Å². The lowest BCUT2D eigenvalue weighted by Crippen LogP contribution is -2.43. The van der Waals surface area contributed by atoms with Crippen molar-refractivity contribution in [1.29, 1.82) is 0 Å². The zero-order valence-corrected chi connectivity index (χ0v) is 15.0. The summed E-state index contributed by atoms with van der Waals surface area (Å²) in [5.74, 6) is 1.96. The molecule has 134 valence electrons. The van der Waals surface area contributed by atoms with E-state index in [2.05, 4.69) is 20.9 Å². The van der Waals surface area contributed by atoms with Crippen LogP contribution in [0.4, 0.5) is 4.79 Å². The lowest BCUT2D eigenvalue weighted by molar-refractivity contribution is 0.191. The maximum atomic E-state index is 12.4. The fourth-order valence-corrected chi connectivity index (χ4v) is 3.29. The van der Waals surface area contributed by atoms with E-state index in [0.29, 0.717) is 13.1 Å². The third-order valence-corrected chi connectivity index (χ3v) is 4.76. The number of imidazole rings is 1. The SMILES string of the molecule is COc1cccc2c1CCN(C(=O)NCCCCn1ccnc1C)C2. The number of carbonyl (C=O) groups excluding carboxylic acids is 1. The second kappa shape index (κ2) is 8.05. The van der Waals surface area contributed by atoms with Crippen molar-refractivity contribution in [2.45, 2.75) is 39.3 Å². The third kappa shape index (κ3) is 4.13. The minimum atomic E-state index is 0.0206. The van der Waals surface area contributed by atoms with Gasteiger partial charge in [-0.2, -0.15) is 0 Å². The van der Waals surface area contributed by atoms with Gasteiger partial charge in [0.05, 0.1) is 7.11 Å². The second-order valence-corrected chi connectivity index (χ2v) is 6.38. The molecule has 0 bridgehead atoms. The maximum Gasteiger partial charge on any atom is 0.317 e. The van der Waals surface area contributed by atoms with Crippen LogP contribution in [-0.2, 0) is 19.5 Å². The number of nitrogens with zero attached hydrogens (tertiary/aromatic N) is 3. The normalized spacial score (nSPS) is 13.4. The monoisotopic (exact) mass is 342 g/mol. The number of nitrogens with one attached hydrogen (secondary N) is 1. The molecule has 0 saturated carbocycles. The van der Waals surface area contributed by atoms with E-state index in [9.17, 15) is 4.79 Å². The minimum Gasteiger partial charge on any atom is -0.496 e. The van der Waals surface area contributed by atoms with Crippen molar-refractivity contribution < 1.29 is 9.53 Å². The number of methoxy groups -OCH3 is 1. The van der Waals surface area contributed by atoms with Crippen molar-refractivity contribution in [2.75, 3.05) is 20.2 Å². The van der Waals surface area contributed by atoms with Crippen LogP contribution in [-0.4, -0.2) is 40.7 Å². The topological polar surface area (TPSA) is 59.4 Å². The van der Waals surface area contributed by atoms with Crippen molar-refractivity contribution in [3.63, 3.8) is 0 Å². The van der Waals surface area contributed by atoms with Gasteiger partial charge in [0, 0.05) is 44.1 Å². The number of hydrogen-bond acceptors (Lipinski definition) is 3. The van der Waals surface area contributed by atoms with Gasteiger partial charge in [-0.1, -0.05) is 12.1 Å². The molecule has 25 heavy (non-hydrogen) atoms. The molecule has 2 amide bonds. The van der Waals surface area contributed by atoms with E-state index in [-0.39, 0.29) is 6.03 Å². The lowest BCUT2D eigenvalue weighted by atomic mass is 9.99. The molecule has 0 atom stereocenters. The molecule has 0 unspecified atom stereocenters. The average Bonchev–Trinajstić information content (AvgIpc) is 3.05. The van der Waals surface area contributed by atoms with Gasteiger partial charge in [0.1, 0.15) is 11.6 Å². The molecule has 6 nitrogen and oxygen atoms in total. The number of amides is 2. The summed E-state index contributed by atoms with van der Waals surface area (Å²) in [5, 5.41) is 3.04. The van der Waals surface area contributed by atoms with Gasteiger partial charge >= 0.3 is 6.03 Å². The summed E-state index contributed by atoms with van der Waals surface area (Å²) in [6, 6.07) is 6.06. The molecule has 0 radical (unpaired) electrons. The van der Waals surface area contributed by atoms with Crippen molar-refractivity contribution in [3.8, 4) is 5.75 Å². The zero-order valence-electron chi connectivity index (χ0n) is 15.0. The van der Waals surface area contributed by atoms with Gasteiger partial charge in [-0.15, -0.1) is 0 Å². The number of urea groups is 1. The Labute approximate surface area is 148 Å². The van der Waals surface area contributed by atoms with E-state index in [1.807, 2.05) is 36.4 Å². The first-order valence-corrected chi connectivity index (χ1v) is 8.84. The Kier molecular flexibility index (Phi) is 5.58. The van der Waals surface area contributed by atoms with Gasteiger partial charge in [-0.3, -0.25) is 0 Å². The number of hydrogen-bond donors (Lipinski definition) is 1. The number of aryl methyl sites for hydroxylation is 2.